The smallest absolute Gasteiger partial charge is 0.329 e. The summed E-state index contributed by atoms with van der Waals surface area (Å²) in [4.78, 5) is 11.3. The molecule has 90 valence electrons. The lowest BCUT2D eigenvalue weighted by Crippen LogP contribution is -2.21. The number of anilines is 1. The Morgan fingerprint density at radius 2 is 2.00 bits per heavy atom. The molecular formula is C11H18NO3P. The lowest BCUT2D eigenvalue weighted by Gasteiger charge is -2.20. The SMILES string of the molecule is CCOP(=O)(O)CCN(C)c1ccccc1. The number of nitrogens with zero attached hydrogens (tertiary/aromatic N) is 1. The van der Waals surface area contributed by atoms with Crippen molar-refractivity contribution in [1.29, 1.82) is 0 Å². The van der Waals surface area contributed by atoms with E-state index in [2.05, 4.69) is 0 Å². The Kier molecular flexibility index (Phi) is 5.00. The predicted molar refractivity (Wildman–Crippen MR) is 66.0 cm³/mol. The van der Waals surface area contributed by atoms with Crippen LogP contribution in [0.15, 0.2) is 30.3 Å². The topological polar surface area (TPSA) is 49.8 Å². The van der Waals surface area contributed by atoms with Crippen LogP contribution in [-0.4, -0.2) is 31.3 Å². The molecule has 0 radical (unpaired) electrons. The minimum absolute atomic E-state index is 0.145. The zero-order chi connectivity index (χ0) is 12.0. The number of benzene rings is 1. The zero-order valence-corrected chi connectivity index (χ0v) is 10.6. The standard InChI is InChI=1S/C11H18NO3P/c1-3-15-16(13,14)10-9-12(2)11-7-5-4-6-8-11/h4-8H,3,9-10H2,1-2H3,(H,13,14). The number of hydrogen-bond acceptors (Lipinski definition) is 3. The molecule has 0 aromatic heterocycles. The van der Waals surface area contributed by atoms with Gasteiger partial charge >= 0.3 is 7.60 Å². The summed E-state index contributed by atoms with van der Waals surface area (Å²) < 4.78 is 16.3. The van der Waals surface area contributed by atoms with E-state index in [4.69, 9.17) is 4.52 Å². The van der Waals surface area contributed by atoms with Crippen molar-refractivity contribution in [2.24, 2.45) is 0 Å². The molecule has 0 saturated carbocycles. The fourth-order valence-electron chi connectivity index (χ4n) is 1.35. The Bertz CT molecular complexity index is 356. The Morgan fingerprint density at radius 3 is 2.56 bits per heavy atom. The predicted octanol–water partition coefficient (Wildman–Crippen LogP) is 2.34. The van der Waals surface area contributed by atoms with Gasteiger partial charge in [-0.2, -0.15) is 0 Å². The number of rotatable bonds is 6. The van der Waals surface area contributed by atoms with Crippen molar-refractivity contribution in [2.75, 3.05) is 31.3 Å². The summed E-state index contributed by atoms with van der Waals surface area (Å²) in [5.74, 6) is 0. The first kappa shape index (κ1) is 13.2. The molecule has 5 heteroatoms. The largest absolute Gasteiger partial charge is 0.374 e. The molecule has 0 heterocycles. The van der Waals surface area contributed by atoms with Crippen LogP contribution < -0.4 is 4.90 Å². The molecule has 1 aromatic carbocycles. The molecule has 1 aromatic rings. The van der Waals surface area contributed by atoms with E-state index >= 15 is 0 Å². The average Bonchev–Trinajstić information content (AvgIpc) is 2.27. The zero-order valence-electron chi connectivity index (χ0n) is 9.67. The first-order valence-electron chi connectivity index (χ1n) is 5.27. The van der Waals surface area contributed by atoms with Crippen molar-refractivity contribution < 1.29 is 14.0 Å². The summed E-state index contributed by atoms with van der Waals surface area (Å²) >= 11 is 0. The quantitative estimate of drug-likeness (QED) is 0.779. The van der Waals surface area contributed by atoms with Gasteiger partial charge in [0.05, 0.1) is 12.8 Å². The molecule has 1 N–H and O–H groups in total. The summed E-state index contributed by atoms with van der Waals surface area (Å²) in [5.41, 5.74) is 1.03. The summed E-state index contributed by atoms with van der Waals surface area (Å²) in [7, 11) is -1.52. The monoisotopic (exact) mass is 243 g/mol. The molecule has 4 nitrogen and oxygen atoms in total. The summed E-state index contributed by atoms with van der Waals surface area (Å²) in [6.45, 7) is 2.48. The van der Waals surface area contributed by atoms with Crippen LogP contribution in [0.1, 0.15) is 6.92 Å². The van der Waals surface area contributed by atoms with Crippen molar-refractivity contribution in [3.8, 4) is 0 Å². The van der Waals surface area contributed by atoms with E-state index in [1.807, 2.05) is 42.3 Å². The lowest BCUT2D eigenvalue weighted by atomic mass is 10.3. The maximum atomic E-state index is 11.5. The van der Waals surface area contributed by atoms with Crippen LogP contribution in [0.2, 0.25) is 0 Å². The van der Waals surface area contributed by atoms with Crippen LogP contribution in [0.4, 0.5) is 5.69 Å². The van der Waals surface area contributed by atoms with E-state index in [0.717, 1.165) is 5.69 Å². The van der Waals surface area contributed by atoms with E-state index in [9.17, 15) is 9.46 Å². The van der Waals surface area contributed by atoms with Crippen LogP contribution >= 0.6 is 7.60 Å². The van der Waals surface area contributed by atoms with Gasteiger partial charge in [-0.05, 0) is 19.1 Å². The van der Waals surface area contributed by atoms with Crippen LogP contribution in [0.3, 0.4) is 0 Å². The molecule has 0 aliphatic rings. The molecule has 0 aliphatic carbocycles. The Balaban J connectivity index is 2.47. The van der Waals surface area contributed by atoms with Gasteiger partial charge in [0, 0.05) is 19.3 Å². The first-order chi connectivity index (χ1) is 7.55. The molecular weight excluding hydrogens is 225 g/mol. The molecule has 1 atom stereocenters. The molecule has 0 saturated heterocycles. The highest BCUT2D eigenvalue weighted by Crippen LogP contribution is 2.41. The lowest BCUT2D eigenvalue weighted by molar-refractivity contribution is 0.274. The summed E-state index contributed by atoms with van der Waals surface area (Å²) in [5, 5.41) is 0. The maximum absolute atomic E-state index is 11.5. The molecule has 0 fully saturated rings. The fourth-order valence-corrected chi connectivity index (χ4v) is 2.44. The average molecular weight is 243 g/mol. The van der Waals surface area contributed by atoms with E-state index in [0.29, 0.717) is 6.54 Å². The number of hydrogen-bond donors (Lipinski definition) is 1. The van der Waals surface area contributed by atoms with Gasteiger partial charge in [-0.3, -0.25) is 4.57 Å². The van der Waals surface area contributed by atoms with Crippen molar-refractivity contribution in [2.45, 2.75) is 6.92 Å². The van der Waals surface area contributed by atoms with Gasteiger partial charge in [-0.25, -0.2) is 0 Å². The van der Waals surface area contributed by atoms with E-state index in [-0.39, 0.29) is 12.8 Å². The third-order valence-corrected chi connectivity index (χ3v) is 3.67. The molecule has 0 bridgehead atoms. The van der Waals surface area contributed by atoms with E-state index < -0.39 is 7.60 Å². The molecule has 0 amide bonds. The third kappa shape index (κ3) is 4.35. The summed E-state index contributed by atoms with van der Waals surface area (Å²) in [6.07, 6.45) is 0.145. The minimum atomic E-state index is -3.41. The normalized spacial score (nSPS) is 14.4. The van der Waals surface area contributed by atoms with Gasteiger partial charge in [0.2, 0.25) is 0 Å². The van der Waals surface area contributed by atoms with Gasteiger partial charge in [0.25, 0.3) is 0 Å². The van der Waals surface area contributed by atoms with E-state index in [1.165, 1.54) is 0 Å². The Hall–Kier alpha value is -0.830. The highest BCUT2D eigenvalue weighted by molar-refractivity contribution is 7.52. The maximum Gasteiger partial charge on any atom is 0.329 e. The molecule has 0 spiro atoms. The van der Waals surface area contributed by atoms with E-state index in [1.54, 1.807) is 6.92 Å². The molecule has 1 unspecified atom stereocenters. The Labute approximate surface area is 96.4 Å². The number of para-hydroxylation sites is 1. The van der Waals surface area contributed by atoms with Gasteiger partial charge in [0.1, 0.15) is 0 Å². The van der Waals surface area contributed by atoms with Gasteiger partial charge < -0.3 is 14.3 Å². The van der Waals surface area contributed by atoms with Crippen molar-refractivity contribution >= 4 is 13.3 Å². The van der Waals surface area contributed by atoms with Crippen molar-refractivity contribution in [3.05, 3.63) is 30.3 Å². The highest BCUT2D eigenvalue weighted by atomic mass is 31.2. The highest BCUT2D eigenvalue weighted by Gasteiger charge is 2.18. The molecule has 0 aliphatic heterocycles. The van der Waals surface area contributed by atoms with Crippen LogP contribution in [0, 0.1) is 0 Å². The fraction of sp³-hybridized carbons (Fsp3) is 0.455. The van der Waals surface area contributed by atoms with Crippen molar-refractivity contribution in [3.63, 3.8) is 0 Å². The van der Waals surface area contributed by atoms with Crippen LogP contribution in [0.5, 0.6) is 0 Å². The minimum Gasteiger partial charge on any atom is -0.374 e. The third-order valence-electron chi connectivity index (χ3n) is 2.25. The van der Waals surface area contributed by atoms with Crippen LogP contribution in [0.25, 0.3) is 0 Å². The van der Waals surface area contributed by atoms with Gasteiger partial charge in [-0.15, -0.1) is 0 Å². The second kappa shape index (κ2) is 6.04. The molecule has 1 rings (SSSR count). The van der Waals surface area contributed by atoms with Crippen LogP contribution in [-0.2, 0) is 9.09 Å². The van der Waals surface area contributed by atoms with Crippen molar-refractivity contribution in [1.82, 2.24) is 0 Å². The van der Waals surface area contributed by atoms with Gasteiger partial charge in [0.15, 0.2) is 0 Å². The first-order valence-corrected chi connectivity index (χ1v) is 7.04. The Morgan fingerprint density at radius 1 is 1.38 bits per heavy atom. The van der Waals surface area contributed by atoms with Gasteiger partial charge in [-0.1, -0.05) is 18.2 Å². The second-order valence-electron chi connectivity index (χ2n) is 3.54. The second-order valence-corrected chi connectivity index (χ2v) is 5.52. The summed E-state index contributed by atoms with van der Waals surface area (Å²) in [6, 6.07) is 9.74. The molecule has 16 heavy (non-hydrogen) atoms.